The topological polar surface area (TPSA) is 29.9 Å². The van der Waals surface area contributed by atoms with E-state index >= 15 is 0 Å². The first-order valence-electron chi connectivity index (χ1n) is 6.64. The van der Waals surface area contributed by atoms with E-state index in [2.05, 4.69) is 17.3 Å². The number of halogens is 1. The molecule has 0 aromatic carbocycles. The van der Waals surface area contributed by atoms with Gasteiger partial charge >= 0.3 is 0 Å². The molecule has 2 unspecified atom stereocenters. The Morgan fingerprint density at radius 2 is 2.24 bits per heavy atom. The van der Waals surface area contributed by atoms with Gasteiger partial charge in [0.1, 0.15) is 0 Å². The van der Waals surface area contributed by atoms with Gasteiger partial charge in [-0.2, -0.15) is 5.10 Å². The molecule has 4 heteroatoms. The van der Waals surface area contributed by atoms with E-state index in [0.717, 1.165) is 11.6 Å². The van der Waals surface area contributed by atoms with Gasteiger partial charge < -0.3 is 5.32 Å². The van der Waals surface area contributed by atoms with Crippen LogP contribution in [0.5, 0.6) is 0 Å². The standard InChI is InChI=1S/C13H22ClN3/c1-3-8-15-12-7-5-4-6-10(12)13-11(14)9-16-17(13)2/h9-10,12,15H,3-8H2,1-2H3. The van der Waals surface area contributed by atoms with Gasteiger partial charge in [0.15, 0.2) is 0 Å². The van der Waals surface area contributed by atoms with Crippen LogP contribution in [0.2, 0.25) is 5.02 Å². The number of aryl methyl sites for hydroxylation is 1. The Bertz CT molecular complexity index is 342. The number of hydrogen-bond donors (Lipinski definition) is 1. The van der Waals surface area contributed by atoms with Gasteiger partial charge in [-0.25, -0.2) is 0 Å². The lowest BCUT2D eigenvalue weighted by Gasteiger charge is -2.32. The minimum atomic E-state index is 0.523. The summed E-state index contributed by atoms with van der Waals surface area (Å²) in [7, 11) is 1.99. The van der Waals surface area contributed by atoms with Crippen molar-refractivity contribution in [2.45, 2.75) is 51.0 Å². The maximum absolute atomic E-state index is 6.27. The highest BCUT2D eigenvalue weighted by Crippen LogP contribution is 2.36. The van der Waals surface area contributed by atoms with Crippen LogP contribution in [0.15, 0.2) is 6.20 Å². The van der Waals surface area contributed by atoms with Gasteiger partial charge in [0.2, 0.25) is 0 Å². The minimum Gasteiger partial charge on any atom is -0.313 e. The summed E-state index contributed by atoms with van der Waals surface area (Å²) in [6.07, 6.45) is 8.06. The summed E-state index contributed by atoms with van der Waals surface area (Å²) >= 11 is 6.27. The molecule has 0 spiro atoms. The van der Waals surface area contributed by atoms with Gasteiger partial charge in [0.25, 0.3) is 0 Å². The third-order valence-corrected chi connectivity index (χ3v) is 4.00. The number of rotatable bonds is 4. The van der Waals surface area contributed by atoms with E-state index in [1.54, 1.807) is 6.20 Å². The van der Waals surface area contributed by atoms with E-state index < -0.39 is 0 Å². The molecule has 1 aromatic rings. The van der Waals surface area contributed by atoms with Crippen molar-refractivity contribution in [3.05, 3.63) is 16.9 Å². The Morgan fingerprint density at radius 3 is 2.88 bits per heavy atom. The molecule has 96 valence electrons. The average Bonchev–Trinajstić information content (AvgIpc) is 2.67. The SMILES string of the molecule is CCCNC1CCCCC1c1c(Cl)cnn1C. The molecular formula is C13H22ClN3. The lowest BCUT2D eigenvalue weighted by atomic mass is 9.82. The Hall–Kier alpha value is -0.540. The van der Waals surface area contributed by atoms with E-state index in [1.807, 2.05) is 11.7 Å². The number of nitrogens with one attached hydrogen (secondary N) is 1. The molecule has 0 aliphatic heterocycles. The van der Waals surface area contributed by atoms with E-state index in [-0.39, 0.29) is 0 Å². The molecule has 17 heavy (non-hydrogen) atoms. The van der Waals surface area contributed by atoms with Crippen molar-refractivity contribution in [1.82, 2.24) is 15.1 Å². The monoisotopic (exact) mass is 255 g/mol. The van der Waals surface area contributed by atoms with Crippen LogP contribution in [-0.2, 0) is 7.05 Å². The molecule has 0 saturated heterocycles. The van der Waals surface area contributed by atoms with Crippen molar-refractivity contribution in [1.29, 1.82) is 0 Å². The number of aromatic nitrogens is 2. The largest absolute Gasteiger partial charge is 0.313 e. The number of nitrogens with zero attached hydrogens (tertiary/aromatic N) is 2. The van der Waals surface area contributed by atoms with Crippen LogP contribution in [0, 0.1) is 0 Å². The molecule has 0 radical (unpaired) electrons. The molecule has 1 aliphatic carbocycles. The molecule has 0 bridgehead atoms. The molecule has 1 fully saturated rings. The predicted octanol–water partition coefficient (Wildman–Crippen LogP) is 3.10. The summed E-state index contributed by atoms with van der Waals surface area (Å²) in [6, 6.07) is 0.566. The zero-order chi connectivity index (χ0) is 12.3. The fourth-order valence-electron chi connectivity index (χ4n) is 2.87. The van der Waals surface area contributed by atoms with Crippen molar-refractivity contribution in [2.24, 2.45) is 7.05 Å². The van der Waals surface area contributed by atoms with Crippen LogP contribution in [-0.4, -0.2) is 22.4 Å². The van der Waals surface area contributed by atoms with E-state index in [0.29, 0.717) is 12.0 Å². The first-order valence-corrected chi connectivity index (χ1v) is 7.02. The first kappa shape index (κ1) is 12.9. The van der Waals surface area contributed by atoms with Crippen molar-refractivity contribution < 1.29 is 0 Å². The zero-order valence-electron chi connectivity index (χ0n) is 10.7. The molecule has 1 saturated carbocycles. The lowest BCUT2D eigenvalue weighted by Crippen LogP contribution is -2.38. The average molecular weight is 256 g/mol. The van der Waals surface area contributed by atoms with Crippen LogP contribution in [0.1, 0.15) is 50.6 Å². The van der Waals surface area contributed by atoms with Crippen LogP contribution in [0.4, 0.5) is 0 Å². The smallest absolute Gasteiger partial charge is 0.0821 e. The summed E-state index contributed by atoms with van der Waals surface area (Å²) in [5.41, 5.74) is 1.21. The highest BCUT2D eigenvalue weighted by atomic mass is 35.5. The van der Waals surface area contributed by atoms with Gasteiger partial charge in [-0.1, -0.05) is 31.4 Å². The highest BCUT2D eigenvalue weighted by molar-refractivity contribution is 6.31. The van der Waals surface area contributed by atoms with Gasteiger partial charge in [0, 0.05) is 19.0 Å². The highest BCUT2D eigenvalue weighted by Gasteiger charge is 2.29. The van der Waals surface area contributed by atoms with E-state index in [1.165, 1.54) is 37.8 Å². The Labute approximate surface area is 109 Å². The second-order valence-electron chi connectivity index (χ2n) is 4.95. The molecule has 0 amide bonds. The van der Waals surface area contributed by atoms with Gasteiger partial charge in [-0.15, -0.1) is 0 Å². The molecule has 1 heterocycles. The molecule has 1 aromatic heterocycles. The third kappa shape index (κ3) is 2.83. The van der Waals surface area contributed by atoms with Crippen molar-refractivity contribution in [3.63, 3.8) is 0 Å². The van der Waals surface area contributed by atoms with Gasteiger partial charge in [-0.05, 0) is 25.8 Å². The molecule has 2 atom stereocenters. The Balaban J connectivity index is 2.15. The normalized spacial score (nSPS) is 25.1. The Morgan fingerprint density at radius 1 is 1.47 bits per heavy atom. The maximum atomic E-state index is 6.27. The number of hydrogen-bond acceptors (Lipinski definition) is 2. The predicted molar refractivity (Wildman–Crippen MR) is 71.5 cm³/mol. The van der Waals surface area contributed by atoms with E-state index in [4.69, 9.17) is 11.6 Å². The van der Waals surface area contributed by atoms with E-state index in [9.17, 15) is 0 Å². The molecule has 1 N–H and O–H groups in total. The fourth-order valence-corrected chi connectivity index (χ4v) is 3.18. The summed E-state index contributed by atoms with van der Waals surface area (Å²) < 4.78 is 1.94. The minimum absolute atomic E-state index is 0.523. The fraction of sp³-hybridized carbons (Fsp3) is 0.769. The van der Waals surface area contributed by atoms with Crippen LogP contribution < -0.4 is 5.32 Å². The van der Waals surface area contributed by atoms with Crippen molar-refractivity contribution in [3.8, 4) is 0 Å². The second kappa shape index (κ2) is 5.87. The molecule has 2 rings (SSSR count). The van der Waals surface area contributed by atoms with Crippen LogP contribution in [0.3, 0.4) is 0 Å². The third-order valence-electron chi connectivity index (χ3n) is 3.71. The summed E-state index contributed by atoms with van der Waals surface area (Å²) in [5, 5.41) is 8.75. The van der Waals surface area contributed by atoms with Crippen LogP contribution >= 0.6 is 11.6 Å². The van der Waals surface area contributed by atoms with Gasteiger partial charge in [-0.3, -0.25) is 4.68 Å². The van der Waals surface area contributed by atoms with Crippen molar-refractivity contribution >= 4 is 11.6 Å². The lowest BCUT2D eigenvalue weighted by molar-refractivity contribution is 0.317. The quantitative estimate of drug-likeness (QED) is 0.896. The molecular weight excluding hydrogens is 234 g/mol. The Kier molecular flexibility index (Phi) is 4.46. The van der Waals surface area contributed by atoms with Crippen molar-refractivity contribution in [2.75, 3.05) is 6.54 Å². The van der Waals surface area contributed by atoms with Crippen LogP contribution in [0.25, 0.3) is 0 Å². The summed E-state index contributed by atoms with van der Waals surface area (Å²) in [4.78, 5) is 0. The maximum Gasteiger partial charge on any atom is 0.0821 e. The summed E-state index contributed by atoms with van der Waals surface area (Å²) in [6.45, 7) is 3.30. The second-order valence-corrected chi connectivity index (χ2v) is 5.36. The zero-order valence-corrected chi connectivity index (χ0v) is 11.5. The van der Waals surface area contributed by atoms with Gasteiger partial charge in [0.05, 0.1) is 16.9 Å². The first-order chi connectivity index (χ1) is 8.24. The molecule has 1 aliphatic rings. The molecule has 3 nitrogen and oxygen atoms in total. The summed E-state index contributed by atoms with van der Waals surface area (Å²) in [5.74, 6) is 0.523.